The third kappa shape index (κ3) is 2.57. The molecule has 0 saturated carbocycles. The maximum absolute atomic E-state index is 12.2. The number of carbonyl (C=O) groups is 1. The first kappa shape index (κ1) is 13.8. The molecule has 6 nitrogen and oxygen atoms in total. The minimum Gasteiger partial charge on any atom is -0.468 e. The Morgan fingerprint density at radius 3 is 2.86 bits per heavy atom. The Bertz CT molecular complexity index is 781. The van der Waals surface area contributed by atoms with Crippen LogP contribution in [0, 0.1) is 0 Å². The second kappa shape index (κ2) is 5.01. The summed E-state index contributed by atoms with van der Waals surface area (Å²) in [5.41, 5.74) is 1.48. The Morgan fingerprint density at radius 2 is 2.14 bits per heavy atom. The number of amides is 1. The van der Waals surface area contributed by atoms with Gasteiger partial charge in [0, 0.05) is 12.7 Å². The normalized spacial score (nSPS) is 14.5. The molecular weight excluding hydrogens is 292 g/mol. The van der Waals surface area contributed by atoms with Crippen molar-refractivity contribution in [2.24, 2.45) is 0 Å². The molecule has 2 heterocycles. The molecule has 1 aliphatic heterocycles. The lowest BCUT2D eigenvalue weighted by Gasteiger charge is -2.11. The Balaban J connectivity index is 1.83. The minimum atomic E-state index is -3.63. The van der Waals surface area contributed by atoms with Gasteiger partial charge >= 0.3 is 0 Å². The van der Waals surface area contributed by atoms with Gasteiger partial charge in [0.2, 0.25) is 15.9 Å². The van der Waals surface area contributed by atoms with Crippen LogP contribution in [0.3, 0.4) is 0 Å². The lowest BCUT2D eigenvalue weighted by molar-refractivity contribution is -0.117. The number of anilines is 1. The molecular formula is C14H14N2O4S. The van der Waals surface area contributed by atoms with Gasteiger partial charge in [0.05, 0.1) is 24.1 Å². The number of fused-ring (bicyclic) bond motifs is 1. The maximum Gasteiger partial charge on any atom is 0.240 e. The maximum atomic E-state index is 12.2. The molecule has 1 aromatic carbocycles. The topological polar surface area (TPSA) is 79.6 Å². The van der Waals surface area contributed by atoms with Crippen molar-refractivity contribution in [2.45, 2.75) is 17.9 Å². The molecule has 0 radical (unpaired) electrons. The van der Waals surface area contributed by atoms with Crippen LogP contribution < -0.4 is 9.62 Å². The molecule has 0 spiro atoms. The molecule has 21 heavy (non-hydrogen) atoms. The van der Waals surface area contributed by atoms with Crippen molar-refractivity contribution < 1.29 is 17.6 Å². The summed E-state index contributed by atoms with van der Waals surface area (Å²) in [7, 11) is -1.95. The van der Waals surface area contributed by atoms with E-state index >= 15 is 0 Å². The monoisotopic (exact) mass is 306 g/mol. The summed E-state index contributed by atoms with van der Waals surface area (Å²) in [6, 6.07) is 8.08. The van der Waals surface area contributed by atoms with E-state index in [2.05, 4.69) is 4.72 Å². The first-order chi connectivity index (χ1) is 9.97. The molecule has 7 heteroatoms. The van der Waals surface area contributed by atoms with E-state index in [9.17, 15) is 13.2 Å². The van der Waals surface area contributed by atoms with Crippen LogP contribution in [0.1, 0.15) is 11.3 Å². The number of rotatable bonds is 4. The number of likely N-dealkylation sites (N-methyl/N-ethyl adjacent to an activating group) is 1. The lowest BCUT2D eigenvalue weighted by Crippen LogP contribution is -2.23. The van der Waals surface area contributed by atoms with Gasteiger partial charge in [-0.3, -0.25) is 4.79 Å². The third-order valence-corrected chi connectivity index (χ3v) is 4.85. The van der Waals surface area contributed by atoms with Gasteiger partial charge in [-0.15, -0.1) is 0 Å². The zero-order chi connectivity index (χ0) is 15.0. The second-order valence-corrected chi connectivity index (χ2v) is 6.59. The molecule has 0 aliphatic carbocycles. The predicted octanol–water partition coefficient (Wildman–Crippen LogP) is 1.28. The van der Waals surface area contributed by atoms with Crippen LogP contribution in [0.25, 0.3) is 0 Å². The zero-order valence-corrected chi connectivity index (χ0v) is 12.2. The van der Waals surface area contributed by atoms with E-state index in [-0.39, 0.29) is 23.8 Å². The molecule has 0 bridgehead atoms. The molecule has 1 aliphatic rings. The lowest BCUT2D eigenvalue weighted by atomic mass is 10.2. The van der Waals surface area contributed by atoms with Gasteiger partial charge in [0.1, 0.15) is 5.76 Å². The van der Waals surface area contributed by atoms with Gasteiger partial charge < -0.3 is 9.32 Å². The highest BCUT2D eigenvalue weighted by Crippen LogP contribution is 2.29. The average molecular weight is 306 g/mol. The number of benzene rings is 1. The summed E-state index contributed by atoms with van der Waals surface area (Å²) in [4.78, 5) is 13.3. The molecule has 1 aromatic heterocycles. The van der Waals surface area contributed by atoms with Crippen LogP contribution in [0.4, 0.5) is 5.69 Å². The Hall–Kier alpha value is -2.12. The molecule has 0 unspecified atom stereocenters. The summed E-state index contributed by atoms with van der Waals surface area (Å²) in [5.74, 6) is 0.498. The van der Waals surface area contributed by atoms with E-state index in [0.717, 1.165) is 11.3 Å². The van der Waals surface area contributed by atoms with Crippen molar-refractivity contribution >= 4 is 21.6 Å². The Morgan fingerprint density at radius 1 is 1.33 bits per heavy atom. The van der Waals surface area contributed by atoms with E-state index in [0.29, 0.717) is 5.76 Å². The molecule has 1 amide bonds. The van der Waals surface area contributed by atoms with Crippen molar-refractivity contribution in [1.82, 2.24) is 4.72 Å². The van der Waals surface area contributed by atoms with Gasteiger partial charge in [0.25, 0.3) is 0 Å². The highest BCUT2D eigenvalue weighted by Gasteiger charge is 2.26. The van der Waals surface area contributed by atoms with Crippen molar-refractivity contribution in [3.63, 3.8) is 0 Å². The highest BCUT2D eigenvalue weighted by atomic mass is 32.2. The van der Waals surface area contributed by atoms with E-state index in [1.165, 1.54) is 17.2 Å². The molecule has 1 N–H and O–H groups in total. The number of hydrogen-bond acceptors (Lipinski definition) is 4. The van der Waals surface area contributed by atoms with Crippen LogP contribution in [0.15, 0.2) is 45.9 Å². The van der Waals surface area contributed by atoms with Crippen LogP contribution >= 0.6 is 0 Å². The predicted molar refractivity (Wildman–Crippen MR) is 76.3 cm³/mol. The van der Waals surface area contributed by atoms with E-state index in [1.807, 2.05) is 0 Å². The molecule has 0 fully saturated rings. The van der Waals surface area contributed by atoms with Crippen LogP contribution in [-0.2, 0) is 27.8 Å². The summed E-state index contributed by atoms with van der Waals surface area (Å²) in [5, 5.41) is 0. The van der Waals surface area contributed by atoms with E-state index in [1.54, 1.807) is 31.3 Å². The second-order valence-electron chi connectivity index (χ2n) is 4.82. The van der Waals surface area contributed by atoms with Gasteiger partial charge in [-0.1, -0.05) is 0 Å². The van der Waals surface area contributed by atoms with Crippen molar-refractivity contribution in [2.75, 3.05) is 11.9 Å². The average Bonchev–Trinajstić information content (AvgIpc) is 3.06. The highest BCUT2D eigenvalue weighted by molar-refractivity contribution is 7.89. The van der Waals surface area contributed by atoms with Gasteiger partial charge in [0.15, 0.2) is 0 Å². The fourth-order valence-corrected chi connectivity index (χ4v) is 3.32. The van der Waals surface area contributed by atoms with Gasteiger partial charge in [-0.2, -0.15) is 0 Å². The Kier molecular flexibility index (Phi) is 3.30. The number of nitrogens with one attached hydrogen (secondary N) is 1. The van der Waals surface area contributed by atoms with Crippen LogP contribution in [0.5, 0.6) is 0 Å². The number of hydrogen-bond donors (Lipinski definition) is 1. The molecule has 0 saturated heterocycles. The largest absolute Gasteiger partial charge is 0.468 e. The van der Waals surface area contributed by atoms with Gasteiger partial charge in [-0.05, 0) is 35.9 Å². The number of nitrogens with zero attached hydrogens (tertiary/aromatic N) is 1. The van der Waals surface area contributed by atoms with Crippen molar-refractivity contribution in [3.05, 3.63) is 47.9 Å². The fraction of sp³-hybridized carbons (Fsp3) is 0.214. The van der Waals surface area contributed by atoms with Crippen molar-refractivity contribution in [1.29, 1.82) is 0 Å². The molecule has 3 rings (SSSR count). The van der Waals surface area contributed by atoms with E-state index < -0.39 is 10.0 Å². The minimum absolute atomic E-state index is 0.0388. The summed E-state index contributed by atoms with van der Waals surface area (Å²) < 4.78 is 32.0. The quantitative estimate of drug-likeness (QED) is 0.922. The first-order valence-corrected chi connectivity index (χ1v) is 7.87. The first-order valence-electron chi connectivity index (χ1n) is 6.39. The zero-order valence-electron chi connectivity index (χ0n) is 11.4. The summed E-state index contributed by atoms with van der Waals surface area (Å²) in [6.07, 6.45) is 1.72. The standard InChI is InChI=1S/C14H14N2O4S/c1-16-13-5-4-12(7-10(13)8-14(16)17)21(18,19)15-9-11-3-2-6-20-11/h2-7,15H,8-9H2,1H3. The SMILES string of the molecule is CN1C(=O)Cc2cc(S(=O)(=O)NCc3ccco3)ccc21. The molecule has 2 aromatic rings. The molecule has 0 atom stereocenters. The van der Waals surface area contributed by atoms with Gasteiger partial charge in [-0.25, -0.2) is 13.1 Å². The Labute approximate surface area is 122 Å². The number of sulfonamides is 1. The number of carbonyl (C=O) groups excluding carboxylic acids is 1. The smallest absolute Gasteiger partial charge is 0.240 e. The van der Waals surface area contributed by atoms with Crippen LogP contribution in [0.2, 0.25) is 0 Å². The van der Waals surface area contributed by atoms with Crippen LogP contribution in [-0.4, -0.2) is 21.4 Å². The molecule has 110 valence electrons. The summed E-state index contributed by atoms with van der Waals surface area (Å²) in [6.45, 7) is 0.0885. The third-order valence-electron chi connectivity index (χ3n) is 3.45. The van der Waals surface area contributed by atoms with E-state index in [4.69, 9.17) is 4.42 Å². The number of furan rings is 1. The fourth-order valence-electron chi connectivity index (χ4n) is 2.28. The van der Waals surface area contributed by atoms with Crippen molar-refractivity contribution in [3.8, 4) is 0 Å². The summed E-state index contributed by atoms with van der Waals surface area (Å²) >= 11 is 0.